The highest BCUT2D eigenvalue weighted by Crippen LogP contribution is 2.25. The van der Waals surface area contributed by atoms with Crippen molar-refractivity contribution >= 4 is 22.4 Å². The molecule has 0 aliphatic rings. The molecule has 112 valence electrons. The van der Waals surface area contributed by atoms with Crippen LogP contribution in [0.5, 0.6) is 0 Å². The predicted molar refractivity (Wildman–Crippen MR) is 86.7 cm³/mol. The third-order valence-electron chi connectivity index (χ3n) is 3.09. The predicted octanol–water partition coefficient (Wildman–Crippen LogP) is 3.74. The van der Waals surface area contributed by atoms with Gasteiger partial charge in [0.05, 0.1) is 18.7 Å². The summed E-state index contributed by atoms with van der Waals surface area (Å²) < 4.78 is 5.16. The van der Waals surface area contributed by atoms with Crippen molar-refractivity contribution in [3.05, 3.63) is 35.2 Å². The second kappa shape index (κ2) is 7.90. The minimum absolute atomic E-state index is 0.0642. The van der Waals surface area contributed by atoms with Crippen LogP contribution in [0.3, 0.4) is 0 Å². The zero-order valence-electron chi connectivity index (χ0n) is 12.4. The Morgan fingerprint density at radius 2 is 2.05 bits per heavy atom. The number of carbonyl (C=O) groups is 1. The van der Waals surface area contributed by atoms with E-state index in [9.17, 15) is 4.79 Å². The fourth-order valence-electron chi connectivity index (χ4n) is 1.87. The van der Waals surface area contributed by atoms with Crippen molar-refractivity contribution in [2.45, 2.75) is 26.7 Å². The van der Waals surface area contributed by atoms with Crippen molar-refractivity contribution in [1.82, 2.24) is 4.98 Å². The number of nitrogens with zero attached hydrogens (tertiary/aromatic N) is 1. The molecule has 1 N–H and O–H groups in total. The Morgan fingerprint density at radius 1 is 1.29 bits per heavy atom. The average Bonchev–Trinajstić information content (AvgIpc) is 2.96. The molecule has 1 aromatic carbocycles. The summed E-state index contributed by atoms with van der Waals surface area (Å²) in [5, 5.41) is 5.39. The Bertz CT molecular complexity index is 578. The Hall–Kier alpha value is -1.72. The lowest BCUT2D eigenvalue weighted by Gasteiger charge is -2.02. The number of nitrogens with one attached hydrogen (secondary N) is 1. The summed E-state index contributed by atoms with van der Waals surface area (Å²) in [7, 11) is 0. The van der Waals surface area contributed by atoms with Crippen molar-refractivity contribution in [1.29, 1.82) is 0 Å². The maximum Gasteiger partial charge on any atom is 0.228 e. The zero-order chi connectivity index (χ0) is 15.1. The molecule has 0 unspecified atom stereocenters. The number of carbonyl (C=O) groups excluding carboxylic acids is 1. The molecule has 0 saturated heterocycles. The van der Waals surface area contributed by atoms with Crippen molar-refractivity contribution in [3.63, 3.8) is 0 Å². The Labute approximate surface area is 129 Å². The largest absolute Gasteiger partial charge is 0.381 e. The van der Waals surface area contributed by atoms with Gasteiger partial charge in [0, 0.05) is 17.6 Å². The van der Waals surface area contributed by atoms with Gasteiger partial charge in [-0.2, -0.15) is 0 Å². The van der Waals surface area contributed by atoms with Gasteiger partial charge in [0.2, 0.25) is 5.91 Å². The van der Waals surface area contributed by atoms with Crippen LogP contribution in [0.1, 0.15) is 25.8 Å². The summed E-state index contributed by atoms with van der Waals surface area (Å²) in [6.07, 6.45) is 1.38. The topological polar surface area (TPSA) is 51.2 Å². The Kier molecular flexibility index (Phi) is 5.90. The van der Waals surface area contributed by atoms with Crippen molar-refractivity contribution in [3.8, 4) is 11.3 Å². The highest BCUT2D eigenvalue weighted by molar-refractivity contribution is 7.14. The van der Waals surface area contributed by atoms with Gasteiger partial charge in [-0.05, 0) is 18.9 Å². The first-order valence-electron chi connectivity index (χ1n) is 7.15. The van der Waals surface area contributed by atoms with Gasteiger partial charge in [0.15, 0.2) is 5.13 Å². The van der Waals surface area contributed by atoms with Crippen LogP contribution in [0.25, 0.3) is 11.3 Å². The van der Waals surface area contributed by atoms with Gasteiger partial charge in [-0.25, -0.2) is 4.98 Å². The second-order valence-corrected chi connectivity index (χ2v) is 5.44. The number of benzene rings is 1. The third kappa shape index (κ3) is 4.65. The summed E-state index contributed by atoms with van der Waals surface area (Å²) in [6.45, 7) is 5.12. The van der Waals surface area contributed by atoms with E-state index in [1.807, 2.05) is 12.3 Å². The number of thiazole rings is 1. The summed E-state index contributed by atoms with van der Waals surface area (Å²) >= 11 is 1.44. The van der Waals surface area contributed by atoms with Crippen LogP contribution in [-0.4, -0.2) is 24.1 Å². The van der Waals surface area contributed by atoms with E-state index in [0.29, 0.717) is 24.8 Å². The molecule has 0 radical (unpaired) electrons. The maximum absolute atomic E-state index is 11.7. The van der Waals surface area contributed by atoms with Gasteiger partial charge >= 0.3 is 0 Å². The van der Waals surface area contributed by atoms with Gasteiger partial charge in [-0.15, -0.1) is 11.3 Å². The first-order valence-corrected chi connectivity index (χ1v) is 8.03. The van der Waals surface area contributed by atoms with Gasteiger partial charge in [-0.1, -0.05) is 31.2 Å². The van der Waals surface area contributed by atoms with Crippen LogP contribution < -0.4 is 5.32 Å². The molecule has 1 amide bonds. The summed E-state index contributed by atoms with van der Waals surface area (Å²) in [5.41, 5.74) is 3.26. The summed E-state index contributed by atoms with van der Waals surface area (Å²) in [6, 6.07) is 8.34. The Balaban J connectivity index is 1.95. The van der Waals surface area contributed by atoms with E-state index < -0.39 is 0 Å². The van der Waals surface area contributed by atoms with Crippen LogP contribution in [0.15, 0.2) is 29.6 Å². The number of aryl methyl sites for hydroxylation is 1. The van der Waals surface area contributed by atoms with Crippen LogP contribution >= 0.6 is 11.3 Å². The normalized spacial score (nSPS) is 10.6. The van der Waals surface area contributed by atoms with Crippen molar-refractivity contribution in [2.75, 3.05) is 18.5 Å². The molecule has 0 spiro atoms. The van der Waals surface area contributed by atoms with E-state index in [4.69, 9.17) is 4.74 Å². The van der Waals surface area contributed by atoms with E-state index in [2.05, 4.69) is 41.5 Å². The molecule has 0 bridgehead atoms. The number of anilines is 1. The molecule has 2 rings (SSSR count). The number of amides is 1. The molecule has 2 aromatic rings. The van der Waals surface area contributed by atoms with Gasteiger partial charge < -0.3 is 10.1 Å². The molecule has 1 aromatic heterocycles. The molecule has 0 aliphatic heterocycles. The molecule has 1 heterocycles. The highest BCUT2D eigenvalue weighted by Gasteiger charge is 2.08. The molecule has 0 fully saturated rings. The van der Waals surface area contributed by atoms with Crippen LogP contribution in [-0.2, 0) is 16.0 Å². The van der Waals surface area contributed by atoms with Crippen molar-refractivity contribution in [2.24, 2.45) is 0 Å². The van der Waals surface area contributed by atoms with E-state index >= 15 is 0 Å². The molecular weight excluding hydrogens is 284 g/mol. The minimum Gasteiger partial charge on any atom is -0.381 e. The highest BCUT2D eigenvalue weighted by atomic mass is 32.1. The second-order valence-electron chi connectivity index (χ2n) is 4.58. The lowest BCUT2D eigenvalue weighted by Crippen LogP contribution is -2.13. The SMILES string of the molecule is CCOCCC(=O)Nc1nc(-c2ccc(CC)cc2)cs1. The molecule has 21 heavy (non-hydrogen) atoms. The smallest absolute Gasteiger partial charge is 0.228 e. The summed E-state index contributed by atoms with van der Waals surface area (Å²) in [4.78, 5) is 16.1. The number of rotatable bonds is 7. The number of hydrogen-bond donors (Lipinski definition) is 1. The van der Waals surface area contributed by atoms with Crippen molar-refractivity contribution < 1.29 is 9.53 Å². The van der Waals surface area contributed by atoms with Crippen LogP contribution in [0.4, 0.5) is 5.13 Å². The molecular formula is C16H20N2O2S. The first kappa shape index (κ1) is 15.7. The lowest BCUT2D eigenvalue weighted by atomic mass is 10.1. The van der Waals surface area contributed by atoms with Gasteiger partial charge in [-0.3, -0.25) is 4.79 Å². The quantitative estimate of drug-likeness (QED) is 0.793. The van der Waals surface area contributed by atoms with E-state index in [0.717, 1.165) is 17.7 Å². The third-order valence-corrected chi connectivity index (χ3v) is 3.84. The molecule has 0 atom stereocenters. The van der Waals surface area contributed by atoms with E-state index in [-0.39, 0.29) is 5.91 Å². The van der Waals surface area contributed by atoms with Gasteiger partial charge in [0.1, 0.15) is 0 Å². The fourth-order valence-corrected chi connectivity index (χ4v) is 2.60. The fraction of sp³-hybridized carbons (Fsp3) is 0.375. The maximum atomic E-state index is 11.7. The number of aromatic nitrogens is 1. The molecule has 5 heteroatoms. The van der Waals surface area contributed by atoms with Crippen LogP contribution in [0.2, 0.25) is 0 Å². The minimum atomic E-state index is -0.0642. The monoisotopic (exact) mass is 304 g/mol. The lowest BCUT2D eigenvalue weighted by molar-refractivity contribution is -0.117. The number of hydrogen-bond acceptors (Lipinski definition) is 4. The number of ether oxygens (including phenoxy) is 1. The molecule has 0 saturated carbocycles. The first-order chi connectivity index (χ1) is 10.2. The molecule has 0 aliphatic carbocycles. The standard InChI is InChI=1S/C16H20N2O2S/c1-3-12-5-7-13(8-6-12)14-11-21-16(17-14)18-15(19)9-10-20-4-2/h5-8,11H,3-4,9-10H2,1-2H3,(H,17,18,19). The Morgan fingerprint density at radius 3 is 2.71 bits per heavy atom. The van der Waals surface area contributed by atoms with Gasteiger partial charge in [0.25, 0.3) is 0 Å². The van der Waals surface area contributed by atoms with E-state index in [1.165, 1.54) is 16.9 Å². The average molecular weight is 304 g/mol. The van der Waals surface area contributed by atoms with Crippen LogP contribution in [0, 0.1) is 0 Å². The zero-order valence-corrected chi connectivity index (χ0v) is 13.2. The summed E-state index contributed by atoms with van der Waals surface area (Å²) in [5.74, 6) is -0.0642. The molecule has 4 nitrogen and oxygen atoms in total. The van der Waals surface area contributed by atoms with E-state index in [1.54, 1.807) is 0 Å².